The first-order valence-corrected chi connectivity index (χ1v) is 13.1. The summed E-state index contributed by atoms with van der Waals surface area (Å²) in [4.78, 5) is 33.4. The number of hydrogen-bond acceptors (Lipinski definition) is 5. The van der Waals surface area contributed by atoms with Crippen molar-refractivity contribution in [2.45, 2.75) is 25.6 Å². The molecule has 0 aromatic heterocycles. The lowest BCUT2D eigenvalue weighted by Crippen LogP contribution is -2.62. The number of benzene rings is 2. The van der Waals surface area contributed by atoms with Crippen molar-refractivity contribution < 1.29 is 27.5 Å². The van der Waals surface area contributed by atoms with Crippen LogP contribution in [0.2, 0.25) is 0 Å². The van der Waals surface area contributed by atoms with Gasteiger partial charge in [-0.25, -0.2) is 0 Å². The lowest BCUT2D eigenvalue weighted by molar-refractivity contribution is -0.142. The number of hydrogen-bond donors (Lipinski definition) is 0. The van der Waals surface area contributed by atoms with Gasteiger partial charge in [0, 0.05) is 65.0 Å². The van der Waals surface area contributed by atoms with Crippen LogP contribution < -0.4 is 9.64 Å². The Morgan fingerprint density at radius 3 is 2.34 bits per heavy atom. The van der Waals surface area contributed by atoms with Crippen LogP contribution >= 0.6 is 0 Å². The zero-order valence-corrected chi connectivity index (χ0v) is 21.5. The molecule has 2 amide bonds. The number of amides is 2. The van der Waals surface area contributed by atoms with Gasteiger partial charge in [0.2, 0.25) is 11.8 Å². The van der Waals surface area contributed by atoms with E-state index in [9.17, 15) is 22.8 Å². The summed E-state index contributed by atoms with van der Waals surface area (Å²) in [6, 6.07) is 13.3. The van der Waals surface area contributed by atoms with E-state index in [1.165, 1.54) is 13.0 Å². The molecule has 3 aliphatic heterocycles. The van der Waals surface area contributed by atoms with Gasteiger partial charge in [-0.1, -0.05) is 18.2 Å². The van der Waals surface area contributed by atoms with Gasteiger partial charge in [0.05, 0.1) is 17.5 Å². The average molecular weight is 531 g/mol. The normalized spacial score (nSPS) is 22.1. The summed E-state index contributed by atoms with van der Waals surface area (Å²) in [5.41, 5.74) is 0.666. The SMILES string of the molecule is CC(=O)N1CCN(C(=O)[C@@H]2Cc3cc(C(F)(F)F)ccc3N3CCN(CCOc4ccccc4)C[C@H]23)CC1. The van der Waals surface area contributed by atoms with Crippen LogP contribution in [0.25, 0.3) is 0 Å². The Bertz CT molecular complexity index is 1150. The van der Waals surface area contributed by atoms with Gasteiger partial charge in [0.1, 0.15) is 12.4 Å². The summed E-state index contributed by atoms with van der Waals surface area (Å²) in [5, 5.41) is 0. The van der Waals surface area contributed by atoms with Crippen molar-refractivity contribution in [2.24, 2.45) is 5.92 Å². The van der Waals surface area contributed by atoms with Crippen molar-refractivity contribution in [3.8, 4) is 5.75 Å². The number of carbonyl (C=O) groups excluding carboxylic acids is 2. The van der Waals surface area contributed by atoms with Crippen LogP contribution in [-0.4, -0.2) is 91.5 Å². The van der Waals surface area contributed by atoms with Crippen LogP contribution in [0.15, 0.2) is 48.5 Å². The van der Waals surface area contributed by atoms with Gasteiger partial charge < -0.3 is 19.4 Å². The summed E-state index contributed by atoms with van der Waals surface area (Å²) in [6.45, 7) is 6.51. The Balaban J connectivity index is 1.34. The topological polar surface area (TPSA) is 56.3 Å². The first-order chi connectivity index (χ1) is 18.2. The highest BCUT2D eigenvalue weighted by Crippen LogP contribution is 2.40. The summed E-state index contributed by atoms with van der Waals surface area (Å²) < 4.78 is 46.4. The highest BCUT2D eigenvalue weighted by Gasteiger charge is 2.44. The Morgan fingerprint density at radius 2 is 1.66 bits per heavy atom. The monoisotopic (exact) mass is 530 g/mol. The number of carbonyl (C=O) groups is 2. The van der Waals surface area contributed by atoms with Crippen LogP contribution in [0.4, 0.5) is 18.9 Å². The lowest BCUT2D eigenvalue weighted by atomic mass is 9.82. The second-order valence-corrected chi connectivity index (χ2v) is 10.2. The van der Waals surface area contributed by atoms with E-state index in [1.807, 2.05) is 30.3 Å². The van der Waals surface area contributed by atoms with E-state index in [2.05, 4.69) is 9.80 Å². The highest BCUT2D eigenvalue weighted by molar-refractivity contribution is 5.83. The molecule has 10 heteroatoms. The van der Waals surface area contributed by atoms with Crippen molar-refractivity contribution in [3.05, 3.63) is 59.7 Å². The molecule has 7 nitrogen and oxygen atoms in total. The zero-order valence-electron chi connectivity index (χ0n) is 21.5. The number of para-hydroxylation sites is 1. The molecular weight excluding hydrogens is 497 g/mol. The standard InChI is InChI=1S/C28H33F3N4O3/c1-20(36)33-10-12-34(13-11-33)27(37)24-18-21-17-22(28(29,30)31)7-8-25(21)35-14-9-32(19-26(24)35)15-16-38-23-5-3-2-4-6-23/h2-8,17,24,26H,9-16,18-19H2,1H3/t24-,26-/m1/s1. The first-order valence-electron chi connectivity index (χ1n) is 13.1. The number of rotatable bonds is 5. The average Bonchev–Trinajstić information content (AvgIpc) is 2.92. The summed E-state index contributed by atoms with van der Waals surface area (Å²) in [6.07, 6.45) is -4.17. The number of alkyl halides is 3. The number of anilines is 1. The molecule has 3 aliphatic rings. The molecule has 2 atom stereocenters. The van der Waals surface area contributed by atoms with Gasteiger partial charge in [-0.2, -0.15) is 13.2 Å². The molecule has 38 heavy (non-hydrogen) atoms. The largest absolute Gasteiger partial charge is 0.492 e. The summed E-state index contributed by atoms with van der Waals surface area (Å²) >= 11 is 0. The maximum absolute atomic E-state index is 13.8. The summed E-state index contributed by atoms with van der Waals surface area (Å²) in [5.74, 6) is 0.271. The molecule has 0 saturated carbocycles. The van der Waals surface area contributed by atoms with Crippen molar-refractivity contribution in [3.63, 3.8) is 0 Å². The fraction of sp³-hybridized carbons (Fsp3) is 0.500. The molecule has 2 aromatic carbocycles. The number of halogens is 3. The van der Waals surface area contributed by atoms with E-state index in [-0.39, 0.29) is 24.3 Å². The maximum atomic E-state index is 13.8. The number of ether oxygens (including phenoxy) is 1. The van der Waals surface area contributed by atoms with Gasteiger partial charge in [-0.05, 0) is 42.3 Å². The summed E-state index contributed by atoms with van der Waals surface area (Å²) in [7, 11) is 0. The molecule has 5 rings (SSSR count). The van der Waals surface area contributed by atoms with E-state index in [1.54, 1.807) is 15.9 Å². The fourth-order valence-corrected chi connectivity index (χ4v) is 5.83. The maximum Gasteiger partial charge on any atom is 0.416 e. The van der Waals surface area contributed by atoms with Gasteiger partial charge in [0.15, 0.2) is 0 Å². The molecule has 0 N–H and O–H groups in total. The fourth-order valence-electron chi connectivity index (χ4n) is 5.83. The second kappa shape index (κ2) is 10.8. The zero-order chi connectivity index (χ0) is 26.9. The van der Waals surface area contributed by atoms with Crippen molar-refractivity contribution in [1.29, 1.82) is 0 Å². The molecule has 0 spiro atoms. The third-order valence-corrected chi connectivity index (χ3v) is 7.90. The molecule has 0 aliphatic carbocycles. The van der Waals surface area contributed by atoms with Gasteiger partial charge in [-0.3, -0.25) is 14.5 Å². The van der Waals surface area contributed by atoms with Crippen molar-refractivity contribution in [1.82, 2.24) is 14.7 Å². The smallest absolute Gasteiger partial charge is 0.416 e. The van der Waals surface area contributed by atoms with Crippen molar-refractivity contribution in [2.75, 3.05) is 63.9 Å². The van der Waals surface area contributed by atoms with Gasteiger partial charge >= 0.3 is 6.18 Å². The minimum absolute atomic E-state index is 0.0183. The van der Waals surface area contributed by atoms with E-state index >= 15 is 0 Å². The van der Waals surface area contributed by atoms with Gasteiger partial charge in [0.25, 0.3) is 0 Å². The predicted octanol–water partition coefficient (Wildman–Crippen LogP) is 3.14. The van der Waals surface area contributed by atoms with Crippen molar-refractivity contribution >= 4 is 17.5 Å². The first kappa shape index (κ1) is 26.3. The second-order valence-electron chi connectivity index (χ2n) is 10.2. The van der Waals surface area contributed by atoms with Crippen LogP contribution in [0.5, 0.6) is 5.75 Å². The van der Waals surface area contributed by atoms with Crippen LogP contribution in [0.1, 0.15) is 18.1 Å². The Labute approximate surface area is 220 Å². The molecule has 2 fully saturated rings. The molecule has 204 valence electrons. The molecular formula is C28H33F3N4O3. The Hall–Kier alpha value is -3.27. The Morgan fingerprint density at radius 1 is 0.947 bits per heavy atom. The molecule has 0 bridgehead atoms. The van der Waals surface area contributed by atoms with Crippen LogP contribution in [0.3, 0.4) is 0 Å². The molecule has 0 radical (unpaired) electrons. The molecule has 2 saturated heterocycles. The number of fused-ring (bicyclic) bond motifs is 3. The number of nitrogens with zero attached hydrogens (tertiary/aromatic N) is 4. The predicted molar refractivity (Wildman–Crippen MR) is 137 cm³/mol. The third kappa shape index (κ3) is 5.60. The van der Waals surface area contributed by atoms with E-state index in [4.69, 9.17) is 4.74 Å². The Kier molecular flexibility index (Phi) is 7.52. The molecule has 3 heterocycles. The number of piperazine rings is 2. The van der Waals surface area contributed by atoms with Crippen LogP contribution in [-0.2, 0) is 22.2 Å². The minimum Gasteiger partial charge on any atom is -0.492 e. The van der Waals surface area contributed by atoms with Crippen LogP contribution in [0, 0.1) is 5.92 Å². The molecule has 0 unspecified atom stereocenters. The van der Waals surface area contributed by atoms with E-state index < -0.39 is 17.7 Å². The molecule has 2 aromatic rings. The lowest BCUT2D eigenvalue weighted by Gasteiger charge is -2.50. The highest BCUT2D eigenvalue weighted by atomic mass is 19.4. The van der Waals surface area contributed by atoms with Gasteiger partial charge in [-0.15, -0.1) is 0 Å². The third-order valence-electron chi connectivity index (χ3n) is 7.90. The quantitative estimate of drug-likeness (QED) is 0.595. The van der Waals surface area contributed by atoms with E-state index in [0.29, 0.717) is 58.0 Å². The van der Waals surface area contributed by atoms with E-state index in [0.717, 1.165) is 24.0 Å². The minimum atomic E-state index is -4.44.